The van der Waals surface area contributed by atoms with Crippen LogP contribution in [-0.4, -0.2) is 25.8 Å². The van der Waals surface area contributed by atoms with Crippen molar-refractivity contribution in [3.63, 3.8) is 0 Å². The van der Waals surface area contributed by atoms with E-state index in [1.165, 1.54) is 25.7 Å². The standard InChI is InChI=1S/C14H31NO/c1-6-9-12(4)11-13(15-5)14(10-7-2)16-8-3/h12-15H,6-11H2,1-5H3. The van der Waals surface area contributed by atoms with Crippen molar-refractivity contribution in [3.8, 4) is 0 Å². The smallest absolute Gasteiger partial charge is 0.0727 e. The van der Waals surface area contributed by atoms with E-state index in [1.807, 2.05) is 0 Å². The highest BCUT2D eigenvalue weighted by atomic mass is 16.5. The Morgan fingerprint density at radius 2 is 1.69 bits per heavy atom. The molecule has 0 aromatic heterocycles. The van der Waals surface area contributed by atoms with Gasteiger partial charge in [-0.3, -0.25) is 0 Å². The maximum Gasteiger partial charge on any atom is 0.0727 e. The molecule has 0 aromatic carbocycles. The van der Waals surface area contributed by atoms with Gasteiger partial charge in [0.1, 0.15) is 0 Å². The van der Waals surface area contributed by atoms with Crippen LogP contribution in [0, 0.1) is 5.92 Å². The highest BCUT2D eigenvalue weighted by molar-refractivity contribution is 4.77. The lowest BCUT2D eigenvalue weighted by molar-refractivity contribution is 0.0239. The molecule has 0 saturated carbocycles. The summed E-state index contributed by atoms with van der Waals surface area (Å²) in [6.07, 6.45) is 6.59. The highest BCUT2D eigenvalue weighted by Gasteiger charge is 2.21. The van der Waals surface area contributed by atoms with Crippen molar-refractivity contribution in [1.29, 1.82) is 0 Å². The maximum atomic E-state index is 5.85. The second-order valence-electron chi connectivity index (χ2n) is 4.81. The molecule has 16 heavy (non-hydrogen) atoms. The van der Waals surface area contributed by atoms with E-state index in [0.29, 0.717) is 12.1 Å². The Hall–Kier alpha value is -0.0800. The lowest BCUT2D eigenvalue weighted by atomic mass is 9.92. The molecule has 0 heterocycles. The molecule has 0 saturated heterocycles. The van der Waals surface area contributed by atoms with Crippen LogP contribution in [0.5, 0.6) is 0 Å². The van der Waals surface area contributed by atoms with Crippen LogP contribution < -0.4 is 5.32 Å². The molecule has 2 nitrogen and oxygen atoms in total. The quantitative estimate of drug-likeness (QED) is 0.618. The summed E-state index contributed by atoms with van der Waals surface area (Å²) in [5, 5.41) is 3.44. The SMILES string of the molecule is CCCC(C)CC(NC)C(CCC)OCC. The first-order valence-corrected chi connectivity index (χ1v) is 6.98. The van der Waals surface area contributed by atoms with Gasteiger partial charge in [-0.1, -0.05) is 40.0 Å². The molecular formula is C14H31NO. The summed E-state index contributed by atoms with van der Waals surface area (Å²) < 4.78 is 5.85. The van der Waals surface area contributed by atoms with Crippen LogP contribution in [-0.2, 0) is 4.74 Å². The van der Waals surface area contributed by atoms with Crippen LogP contribution in [0.2, 0.25) is 0 Å². The number of hydrogen-bond donors (Lipinski definition) is 1. The summed E-state index contributed by atoms with van der Waals surface area (Å²) in [4.78, 5) is 0. The normalized spacial score (nSPS) is 17.1. The third-order valence-electron chi connectivity index (χ3n) is 3.21. The van der Waals surface area contributed by atoms with Crippen molar-refractivity contribution < 1.29 is 4.74 Å². The molecule has 3 unspecified atom stereocenters. The number of nitrogens with one attached hydrogen (secondary N) is 1. The molecule has 1 N–H and O–H groups in total. The average Bonchev–Trinajstić information content (AvgIpc) is 2.26. The lowest BCUT2D eigenvalue weighted by Gasteiger charge is -2.28. The minimum atomic E-state index is 0.388. The van der Waals surface area contributed by atoms with Gasteiger partial charge >= 0.3 is 0 Å². The highest BCUT2D eigenvalue weighted by Crippen LogP contribution is 2.18. The molecule has 0 aromatic rings. The van der Waals surface area contributed by atoms with Gasteiger partial charge in [0.15, 0.2) is 0 Å². The zero-order valence-corrected chi connectivity index (χ0v) is 11.9. The number of ether oxygens (including phenoxy) is 1. The number of hydrogen-bond acceptors (Lipinski definition) is 2. The fraction of sp³-hybridized carbons (Fsp3) is 1.00. The summed E-state index contributed by atoms with van der Waals surface area (Å²) in [6, 6.07) is 0.515. The maximum absolute atomic E-state index is 5.85. The average molecular weight is 229 g/mol. The Bertz CT molecular complexity index is 144. The van der Waals surface area contributed by atoms with Crippen molar-refractivity contribution in [1.82, 2.24) is 5.32 Å². The second-order valence-corrected chi connectivity index (χ2v) is 4.81. The molecule has 0 aliphatic rings. The summed E-state index contributed by atoms with van der Waals surface area (Å²) >= 11 is 0. The Morgan fingerprint density at radius 1 is 1.06 bits per heavy atom. The molecule has 0 aliphatic carbocycles. The molecule has 0 spiro atoms. The second kappa shape index (κ2) is 10.1. The molecule has 0 rings (SSSR count). The van der Waals surface area contributed by atoms with Crippen molar-refractivity contribution in [2.75, 3.05) is 13.7 Å². The van der Waals surface area contributed by atoms with E-state index >= 15 is 0 Å². The summed E-state index contributed by atoms with van der Waals surface area (Å²) in [7, 11) is 2.06. The predicted octanol–water partition coefficient (Wildman–Crippen LogP) is 3.61. The molecule has 3 atom stereocenters. The van der Waals surface area contributed by atoms with Gasteiger partial charge < -0.3 is 10.1 Å². The third kappa shape index (κ3) is 6.49. The van der Waals surface area contributed by atoms with Crippen LogP contribution in [0.4, 0.5) is 0 Å². The molecule has 0 bridgehead atoms. The van der Waals surface area contributed by atoms with Crippen molar-refractivity contribution >= 4 is 0 Å². The monoisotopic (exact) mass is 229 g/mol. The predicted molar refractivity (Wildman–Crippen MR) is 71.9 cm³/mol. The molecule has 0 amide bonds. The molecule has 0 radical (unpaired) electrons. The first-order chi connectivity index (χ1) is 7.69. The fourth-order valence-corrected chi connectivity index (χ4v) is 2.40. The number of likely N-dealkylation sites (N-methyl/N-ethyl adjacent to an activating group) is 1. The van der Waals surface area contributed by atoms with E-state index in [4.69, 9.17) is 4.74 Å². The third-order valence-corrected chi connectivity index (χ3v) is 3.21. The van der Waals surface area contributed by atoms with E-state index in [9.17, 15) is 0 Å². The molecular weight excluding hydrogens is 198 g/mol. The van der Waals surface area contributed by atoms with Crippen LogP contribution in [0.3, 0.4) is 0 Å². The Morgan fingerprint density at radius 3 is 2.12 bits per heavy atom. The van der Waals surface area contributed by atoms with E-state index < -0.39 is 0 Å². The van der Waals surface area contributed by atoms with Crippen molar-refractivity contribution in [2.45, 2.75) is 71.9 Å². The first-order valence-electron chi connectivity index (χ1n) is 6.98. The minimum Gasteiger partial charge on any atom is -0.377 e. The van der Waals surface area contributed by atoms with E-state index in [0.717, 1.165) is 18.9 Å². The lowest BCUT2D eigenvalue weighted by Crippen LogP contribution is -2.40. The van der Waals surface area contributed by atoms with Gasteiger partial charge in [-0.2, -0.15) is 0 Å². The summed E-state index contributed by atoms with van der Waals surface area (Å²) in [5.74, 6) is 0.794. The van der Waals surface area contributed by atoms with Gasteiger partial charge in [0.2, 0.25) is 0 Å². The topological polar surface area (TPSA) is 21.3 Å². The number of rotatable bonds is 10. The van der Waals surface area contributed by atoms with E-state index in [2.05, 4.69) is 40.1 Å². The van der Waals surface area contributed by atoms with Crippen molar-refractivity contribution in [3.05, 3.63) is 0 Å². The Balaban J connectivity index is 4.17. The molecule has 0 aliphatic heterocycles. The van der Waals surface area contributed by atoms with Gasteiger partial charge in [-0.25, -0.2) is 0 Å². The van der Waals surface area contributed by atoms with Crippen LogP contribution in [0.15, 0.2) is 0 Å². The zero-order valence-electron chi connectivity index (χ0n) is 11.9. The minimum absolute atomic E-state index is 0.388. The Labute approximate surface area is 102 Å². The van der Waals surface area contributed by atoms with Gasteiger partial charge in [-0.05, 0) is 32.7 Å². The Kier molecular flexibility index (Phi) is 10.0. The van der Waals surface area contributed by atoms with Crippen LogP contribution >= 0.6 is 0 Å². The summed E-state index contributed by atoms with van der Waals surface area (Å²) in [6.45, 7) is 9.75. The van der Waals surface area contributed by atoms with Crippen LogP contribution in [0.25, 0.3) is 0 Å². The fourth-order valence-electron chi connectivity index (χ4n) is 2.40. The van der Waals surface area contributed by atoms with Gasteiger partial charge in [-0.15, -0.1) is 0 Å². The van der Waals surface area contributed by atoms with Crippen molar-refractivity contribution in [2.24, 2.45) is 5.92 Å². The largest absolute Gasteiger partial charge is 0.377 e. The van der Waals surface area contributed by atoms with Gasteiger partial charge in [0.05, 0.1) is 6.10 Å². The van der Waals surface area contributed by atoms with Gasteiger partial charge in [0, 0.05) is 12.6 Å². The van der Waals surface area contributed by atoms with Crippen LogP contribution in [0.1, 0.15) is 59.8 Å². The van der Waals surface area contributed by atoms with Gasteiger partial charge in [0.25, 0.3) is 0 Å². The van der Waals surface area contributed by atoms with E-state index in [-0.39, 0.29) is 0 Å². The molecule has 0 fully saturated rings. The summed E-state index contributed by atoms with van der Waals surface area (Å²) in [5.41, 5.74) is 0. The van der Waals surface area contributed by atoms with E-state index in [1.54, 1.807) is 0 Å². The molecule has 2 heteroatoms. The zero-order chi connectivity index (χ0) is 12.4. The molecule has 98 valence electrons. The first kappa shape index (κ1) is 15.9.